The molecular formula is C20H29F3N2O3S. The van der Waals surface area contributed by atoms with Crippen LogP contribution in [0.5, 0.6) is 5.75 Å². The first-order valence-electron chi connectivity index (χ1n) is 9.94. The lowest BCUT2D eigenvalue weighted by Crippen LogP contribution is -2.56. The van der Waals surface area contributed by atoms with E-state index in [1.165, 1.54) is 20.0 Å². The van der Waals surface area contributed by atoms with Crippen molar-refractivity contribution in [1.82, 2.24) is 10.6 Å². The summed E-state index contributed by atoms with van der Waals surface area (Å²) >= 11 is 1.15. The minimum Gasteiger partial charge on any atom is -0.496 e. The van der Waals surface area contributed by atoms with Crippen LogP contribution in [-0.2, 0) is 10.9 Å². The summed E-state index contributed by atoms with van der Waals surface area (Å²) in [5, 5.41) is 17.7. The Labute approximate surface area is 173 Å². The van der Waals surface area contributed by atoms with E-state index < -0.39 is 18.0 Å². The number of thioether (sulfide) groups is 1. The first-order chi connectivity index (χ1) is 13.8. The fraction of sp³-hybridized carbons (Fsp3) is 0.700. The van der Waals surface area contributed by atoms with Crippen molar-refractivity contribution < 1.29 is 27.8 Å². The van der Waals surface area contributed by atoms with Gasteiger partial charge in [-0.05, 0) is 37.7 Å². The number of alkyl halides is 3. The van der Waals surface area contributed by atoms with E-state index in [2.05, 4.69) is 10.6 Å². The third-order valence-electron chi connectivity index (χ3n) is 5.68. The zero-order chi connectivity index (χ0) is 21.0. The van der Waals surface area contributed by atoms with Gasteiger partial charge >= 0.3 is 6.18 Å². The van der Waals surface area contributed by atoms with Crippen molar-refractivity contribution in [2.24, 2.45) is 0 Å². The predicted molar refractivity (Wildman–Crippen MR) is 106 cm³/mol. The van der Waals surface area contributed by atoms with Crippen LogP contribution in [0.25, 0.3) is 0 Å². The lowest BCUT2D eigenvalue weighted by molar-refractivity contribution is -0.137. The molecule has 3 N–H and O–H groups in total. The molecule has 1 aromatic carbocycles. The van der Waals surface area contributed by atoms with Crippen LogP contribution in [0.15, 0.2) is 17.0 Å². The van der Waals surface area contributed by atoms with Gasteiger partial charge in [0, 0.05) is 29.6 Å². The topological polar surface area (TPSA) is 62.8 Å². The van der Waals surface area contributed by atoms with Gasteiger partial charge in [0.1, 0.15) is 12.0 Å². The number of aliphatic hydroxyl groups excluding tert-OH is 1. The third-order valence-corrected chi connectivity index (χ3v) is 6.46. The van der Waals surface area contributed by atoms with Crippen LogP contribution >= 0.6 is 11.8 Å². The van der Waals surface area contributed by atoms with Gasteiger partial charge in [-0.3, -0.25) is 5.32 Å². The highest BCUT2D eigenvalue weighted by atomic mass is 32.2. The van der Waals surface area contributed by atoms with Crippen molar-refractivity contribution in [2.45, 2.75) is 67.5 Å². The average molecular weight is 435 g/mol. The second-order valence-corrected chi connectivity index (χ2v) is 8.43. The van der Waals surface area contributed by atoms with Gasteiger partial charge in [0.2, 0.25) is 0 Å². The SMILES string of the molecule is COc1cc(C(F)(F)F)cc(SC)c1C(O)NC1COCCC1NC1CCCC1. The fourth-order valence-electron chi connectivity index (χ4n) is 4.16. The molecule has 9 heteroatoms. The number of methoxy groups -OCH3 is 1. The molecule has 1 saturated heterocycles. The first-order valence-corrected chi connectivity index (χ1v) is 11.2. The van der Waals surface area contributed by atoms with Crippen LogP contribution in [0.3, 0.4) is 0 Å². The van der Waals surface area contributed by atoms with Crippen molar-refractivity contribution in [1.29, 1.82) is 0 Å². The standard InChI is InChI=1S/C20H29F3N2O3S/c1-27-16-9-12(20(21,22)23)10-17(29-2)18(16)19(26)25-15-11-28-8-7-14(15)24-13-5-3-4-6-13/h9-10,13-15,19,24-26H,3-8,11H2,1-2H3. The maximum atomic E-state index is 13.2. The number of hydrogen-bond donors (Lipinski definition) is 3. The van der Waals surface area contributed by atoms with E-state index in [-0.39, 0.29) is 17.8 Å². The Hall–Kier alpha value is -1.00. The number of aliphatic hydroxyl groups is 1. The number of rotatable bonds is 7. The third kappa shape index (κ3) is 5.58. The minimum absolute atomic E-state index is 0.0150. The molecule has 1 aliphatic heterocycles. The van der Waals surface area contributed by atoms with Crippen LogP contribution in [0.2, 0.25) is 0 Å². The second-order valence-electron chi connectivity index (χ2n) is 7.59. The first kappa shape index (κ1) is 22.7. The summed E-state index contributed by atoms with van der Waals surface area (Å²) in [5.74, 6) is 0.0150. The summed E-state index contributed by atoms with van der Waals surface area (Å²) in [7, 11) is 1.31. The van der Waals surface area contributed by atoms with E-state index in [9.17, 15) is 18.3 Å². The van der Waals surface area contributed by atoms with Crippen LogP contribution in [0.4, 0.5) is 13.2 Å². The molecule has 0 amide bonds. The zero-order valence-electron chi connectivity index (χ0n) is 16.7. The van der Waals surface area contributed by atoms with Crippen molar-refractivity contribution >= 4 is 11.8 Å². The van der Waals surface area contributed by atoms with Crippen molar-refractivity contribution in [2.75, 3.05) is 26.6 Å². The van der Waals surface area contributed by atoms with Gasteiger partial charge in [-0.1, -0.05) is 12.8 Å². The highest BCUT2D eigenvalue weighted by molar-refractivity contribution is 7.98. The van der Waals surface area contributed by atoms with Gasteiger partial charge in [-0.2, -0.15) is 13.2 Å². The molecule has 0 aromatic heterocycles. The highest BCUT2D eigenvalue weighted by Crippen LogP contribution is 2.40. The van der Waals surface area contributed by atoms with Gasteiger partial charge in [-0.25, -0.2) is 0 Å². The summed E-state index contributed by atoms with van der Waals surface area (Å²) in [5.41, 5.74) is -0.477. The molecule has 2 fully saturated rings. The lowest BCUT2D eigenvalue weighted by atomic mass is 10.0. The van der Waals surface area contributed by atoms with E-state index in [0.29, 0.717) is 29.7 Å². The van der Waals surface area contributed by atoms with E-state index in [1.54, 1.807) is 6.26 Å². The van der Waals surface area contributed by atoms with Crippen molar-refractivity contribution in [3.63, 3.8) is 0 Å². The minimum atomic E-state index is -4.48. The molecule has 1 aliphatic carbocycles. The van der Waals surface area contributed by atoms with Crippen LogP contribution in [0, 0.1) is 0 Å². The Bertz CT molecular complexity index is 658. The predicted octanol–water partition coefficient (Wildman–Crippen LogP) is 3.71. The zero-order valence-corrected chi connectivity index (χ0v) is 17.5. The summed E-state index contributed by atoms with van der Waals surface area (Å²) in [6, 6.07) is 2.45. The van der Waals surface area contributed by atoms with E-state index in [1.807, 2.05) is 0 Å². The molecule has 3 unspecified atom stereocenters. The smallest absolute Gasteiger partial charge is 0.416 e. The van der Waals surface area contributed by atoms with E-state index >= 15 is 0 Å². The maximum absolute atomic E-state index is 13.2. The summed E-state index contributed by atoms with van der Waals surface area (Å²) in [4.78, 5) is 0.328. The largest absolute Gasteiger partial charge is 0.496 e. The van der Waals surface area contributed by atoms with Gasteiger partial charge in [0.15, 0.2) is 0 Å². The van der Waals surface area contributed by atoms with Crippen molar-refractivity contribution in [3.05, 3.63) is 23.3 Å². The number of nitrogens with one attached hydrogen (secondary N) is 2. The number of ether oxygens (including phenoxy) is 2. The quantitative estimate of drug-likeness (QED) is 0.449. The van der Waals surface area contributed by atoms with E-state index in [0.717, 1.165) is 43.2 Å². The van der Waals surface area contributed by atoms with Crippen LogP contribution < -0.4 is 15.4 Å². The monoisotopic (exact) mass is 434 g/mol. The molecule has 0 radical (unpaired) electrons. The molecule has 164 valence electrons. The summed E-state index contributed by atoms with van der Waals surface area (Å²) in [6.45, 7) is 1.08. The van der Waals surface area contributed by atoms with Gasteiger partial charge in [-0.15, -0.1) is 11.8 Å². The Morgan fingerprint density at radius 3 is 2.55 bits per heavy atom. The molecule has 2 aliphatic rings. The Morgan fingerprint density at radius 1 is 1.21 bits per heavy atom. The molecule has 1 heterocycles. The number of hydrogen-bond acceptors (Lipinski definition) is 6. The van der Waals surface area contributed by atoms with Gasteiger partial charge in [0.05, 0.1) is 24.8 Å². The molecule has 1 aromatic rings. The molecule has 1 saturated carbocycles. The molecule has 0 spiro atoms. The highest BCUT2D eigenvalue weighted by Gasteiger charge is 2.35. The Kier molecular flexibility index (Phi) is 7.72. The summed E-state index contributed by atoms with van der Waals surface area (Å²) in [6.07, 6.45) is 1.59. The number of benzene rings is 1. The normalized spacial score (nSPS) is 24.6. The molecule has 29 heavy (non-hydrogen) atoms. The van der Waals surface area contributed by atoms with Gasteiger partial charge < -0.3 is 19.9 Å². The maximum Gasteiger partial charge on any atom is 0.416 e. The molecule has 3 rings (SSSR count). The fourth-order valence-corrected chi connectivity index (χ4v) is 4.83. The molecule has 0 bridgehead atoms. The molecule has 5 nitrogen and oxygen atoms in total. The van der Waals surface area contributed by atoms with Crippen molar-refractivity contribution in [3.8, 4) is 5.75 Å². The lowest BCUT2D eigenvalue weighted by Gasteiger charge is -2.36. The Balaban J connectivity index is 1.80. The van der Waals surface area contributed by atoms with Gasteiger partial charge in [0.25, 0.3) is 0 Å². The van der Waals surface area contributed by atoms with Crippen LogP contribution in [-0.4, -0.2) is 49.8 Å². The summed E-state index contributed by atoms with van der Waals surface area (Å²) < 4.78 is 50.4. The van der Waals surface area contributed by atoms with Crippen LogP contribution in [0.1, 0.15) is 49.5 Å². The Morgan fingerprint density at radius 2 is 1.93 bits per heavy atom. The van der Waals surface area contributed by atoms with E-state index in [4.69, 9.17) is 9.47 Å². The number of halogens is 3. The second kappa shape index (κ2) is 9.87. The molecule has 3 atom stereocenters. The molecular weight excluding hydrogens is 405 g/mol. The average Bonchev–Trinajstić information content (AvgIpc) is 3.20.